The Morgan fingerprint density at radius 1 is 1.47 bits per heavy atom. The molecular weight excluding hydrogens is 235 g/mol. The summed E-state index contributed by atoms with van der Waals surface area (Å²) < 4.78 is 37.2. The minimum atomic E-state index is -4.31. The van der Waals surface area contributed by atoms with Crippen LogP contribution in [-0.4, -0.2) is 31.4 Å². The highest BCUT2D eigenvalue weighted by Gasteiger charge is 2.34. The Labute approximate surface area is 97.5 Å². The average Bonchev–Trinajstić information content (AvgIpc) is 2.18. The molecule has 1 aliphatic carbocycles. The number of hydrogen-bond acceptors (Lipinski definition) is 4. The molecule has 0 saturated heterocycles. The molecule has 0 unspecified atom stereocenters. The number of hydroxylamine groups is 2. The highest BCUT2D eigenvalue weighted by Crippen LogP contribution is 2.33. The van der Waals surface area contributed by atoms with E-state index in [0.717, 1.165) is 11.1 Å². The van der Waals surface area contributed by atoms with E-state index in [9.17, 15) is 18.4 Å². The smallest absolute Gasteiger partial charge is 0.412 e. The molecule has 4 nitrogen and oxygen atoms in total. The van der Waals surface area contributed by atoms with Gasteiger partial charge in [0, 0.05) is 24.4 Å². The van der Waals surface area contributed by atoms with Gasteiger partial charge in [-0.1, -0.05) is 0 Å². The van der Waals surface area contributed by atoms with Crippen LogP contribution in [0.25, 0.3) is 0 Å². The van der Waals surface area contributed by atoms with Crippen molar-refractivity contribution in [2.45, 2.75) is 19.0 Å². The number of halogens is 3. The van der Waals surface area contributed by atoms with Gasteiger partial charge in [-0.15, -0.1) is 0 Å². The Hall–Kier alpha value is -1.21. The molecule has 0 amide bonds. The van der Waals surface area contributed by atoms with Gasteiger partial charge in [0.2, 0.25) is 0 Å². The molecule has 0 fully saturated rings. The fourth-order valence-electron chi connectivity index (χ4n) is 1.53. The lowest BCUT2D eigenvalue weighted by Crippen LogP contribution is -2.29. The third kappa shape index (κ3) is 4.27. The number of likely N-dealkylation sites (N-methyl/N-ethyl adjacent to an activating group) is 1. The molecule has 0 aliphatic heterocycles. The zero-order chi connectivity index (χ0) is 13.1. The summed E-state index contributed by atoms with van der Waals surface area (Å²) in [5, 5.41) is 14.2. The van der Waals surface area contributed by atoms with E-state index < -0.39 is 11.7 Å². The van der Waals surface area contributed by atoms with Gasteiger partial charge < -0.3 is 21.3 Å². The third-order valence-electron chi connectivity index (χ3n) is 2.45. The van der Waals surface area contributed by atoms with Crippen LogP contribution in [0, 0.1) is 5.21 Å². The van der Waals surface area contributed by atoms with E-state index in [4.69, 9.17) is 5.73 Å². The van der Waals surface area contributed by atoms with Crippen LogP contribution in [0.5, 0.6) is 0 Å². The minimum absolute atomic E-state index is 0.0836. The normalized spacial score (nSPS) is 17.4. The van der Waals surface area contributed by atoms with Crippen molar-refractivity contribution in [2.75, 3.05) is 20.1 Å². The van der Waals surface area contributed by atoms with Crippen molar-refractivity contribution < 1.29 is 13.2 Å². The van der Waals surface area contributed by atoms with Gasteiger partial charge in [-0.3, -0.25) is 0 Å². The van der Waals surface area contributed by atoms with E-state index in [-0.39, 0.29) is 25.1 Å². The number of alkyl halides is 3. The fourth-order valence-corrected chi connectivity index (χ4v) is 1.53. The fraction of sp³-hybridized carbons (Fsp3) is 0.600. The molecule has 0 radical (unpaired) electrons. The van der Waals surface area contributed by atoms with Crippen LogP contribution >= 0.6 is 0 Å². The molecule has 1 aliphatic rings. The predicted octanol–water partition coefficient (Wildman–Crippen LogP) is 1.46. The molecule has 0 aromatic carbocycles. The zero-order valence-corrected chi connectivity index (χ0v) is 9.47. The van der Waals surface area contributed by atoms with Gasteiger partial charge in [0.15, 0.2) is 0 Å². The number of allylic oxidation sites excluding steroid dienone is 3. The third-order valence-corrected chi connectivity index (χ3v) is 2.45. The lowest BCUT2D eigenvalue weighted by atomic mass is 10.00. The maximum atomic E-state index is 12.4. The van der Waals surface area contributed by atoms with Crippen LogP contribution in [0.1, 0.15) is 12.8 Å². The molecule has 0 aromatic heterocycles. The van der Waals surface area contributed by atoms with E-state index in [2.05, 4.69) is 5.32 Å². The van der Waals surface area contributed by atoms with Gasteiger partial charge in [-0.05, 0) is 26.0 Å². The van der Waals surface area contributed by atoms with E-state index in [0.29, 0.717) is 12.2 Å². The number of nitrogens with one attached hydrogen (secondary N) is 1. The Bertz CT molecular complexity index is 334. The molecule has 0 atom stereocenters. The number of nitrogens with two attached hydrogens (primary N) is 1. The maximum Gasteiger partial charge on any atom is 0.412 e. The van der Waals surface area contributed by atoms with E-state index in [1.807, 2.05) is 0 Å². The van der Waals surface area contributed by atoms with Crippen LogP contribution in [0.15, 0.2) is 23.0 Å². The van der Waals surface area contributed by atoms with Crippen molar-refractivity contribution in [3.05, 3.63) is 28.3 Å². The highest BCUT2D eigenvalue weighted by molar-refractivity contribution is 5.32. The van der Waals surface area contributed by atoms with Gasteiger partial charge in [0.25, 0.3) is 0 Å². The summed E-state index contributed by atoms with van der Waals surface area (Å²) in [5.74, 6) is 0. The summed E-state index contributed by atoms with van der Waals surface area (Å²) in [6.07, 6.45) is -3.22. The largest absolute Gasteiger partial charge is 0.785 e. The second-order valence-corrected chi connectivity index (χ2v) is 3.88. The van der Waals surface area contributed by atoms with Crippen LogP contribution in [0.4, 0.5) is 13.2 Å². The van der Waals surface area contributed by atoms with Crippen molar-refractivity contribution in [3.8, 4) is 0 Å². The van der Waals surface area contributed by atoms with Crippen molar-refractivity contribution >= 4 is 0 Å². The Morgan fingerprint density at radius 3 is 2.59 bits per heavy atom. The predicted molar refractivity (Wildman–Crippen MR) is 58.6 cm³/mol. The monoisotopic (exact) mass is 250 g/mol. The molecular formula is C10H15F3N3O-. The lowest BCUT2D eigenvalue weighted by molar-refractivity contribution is -0.0942. The summed E-state index contributed by atoms with van der Waals surface area (Å²) in [5.41, 5.74) is 5.59. The number of nitrogens with zero attached hydrogens (tertiary/aromatic N) is 1. The van der Waals surface area contributed by atoms with Crippen molar-refractivity contribution in [2.24, 2.45) is 5.73 Å². The van der Waals surface area contributed by atoms with E-state index in [1.165, 1.54) is 7.05 Å². The van der Waals surface area contributed by atoms with Crippen LogP contribution < -0.4 is 11.1 Å². The molecule has 1 rings (SSSR count). The Balaban J connectivity index is 2.61. The first-order valence-electron chi connectivity index (χ1n) is 5.19. The van der Waals surface area contributed by atoms with Crippen molar-refractivity contribution in [3.63, 3.8) is 0 Å². The Morgan fingerprint density at radius 2 is 2.12 bits per heavy atom. The van der Waals surface area contributed by atoms with Gasteiger partial charge in [0.1, 0.15) is 0 Å². The van der Waals surface area contributed by atoms with Gasteiger partial charge in [-0.2, -0.15) is 13.2 Å². The average molecular weight is 250 g/mol. The molecule has 0 bridgehead atoms. The number of hydrogen-bond donors (Lipinski definition) is 2. The molecule has 0 saturated carbocycles. The maximum absolute atomic E-state index is 12.4. The van der Waals surface area contributed by atoms with Gasteiger partial charge in [0.05, 0.1) is 5.70 Å². The van der Waals surface area contributed by atoms with Crippen LogP contribution in [-0.2, 0) is 0 Å². The Kier molecular flexibility index (Phi) is 4.41. The van der Waals surface area contributed by atoms with Crippen LogP contribution in [0.3, 0.4) is 0 Å². The van der Waals surface area contributed by atoms with Gasteiger partial charge in [-0.25, -0.2) is 0 Å². The highest BCUT2D eigenvalue weighted by atomic mass is 19.4. The zero-order valence-electron chi connectivity index (χ0n) is 9.47. The SMILES string of the molecule is CN([O-])CCNC1=C(N)C=C(C(F)(F)F)CC1. The quantitative estimate of drug-likeness (QED) is 0.741. The molecule has 0 aromatic rings. The van der Waals surface area contributed by atoms with E-state index in [1.54, 1.807) is 0 Å². The molecule has 17 heavy (non-hydrogen) atoms. The summed E-state index contributed by atoms with van der Waals surface area (Å²) in [4.78, 5) is 0. The van der Waals surface area contributed by atoms with Crippen molar-refractivity contribution in [1.29, 1.82) is 0 Å². The minimum Gasteiger partial charge on any atom is -0.785 e. The summed E-state index contributed by atoms with van der Waals surface area (Å²) >= 11 is 0. The number of rotatable bonds is 4. The second-order valence-electron chi connectivity index (χ2n) is 3.88. The summed E-state index contributed by atoms with van der Waals surface area (Å²) in [7, 11) is 1.38. The first-order valence-corrected chi connectivity index (χ1v) is 5.19. The second kappa shape index (κ2) is 5.42. The molecule has 3 N–H and O–H groups in total. The molecule has 98 valence electrons. The first kappa shape index (κ1) is 13.9. The summed E-state index contributed by atoms with van der Waals surface area (Å²) in [6, 6.07) is 0. The molecule has 7 heteroatoms. The van der Waals surface area contributed by atoms with Gasteiger partial charge >= 0.3 is 6.18 Å². The molecule has 0 spiro atoms. The standard InChI is InChI=1S/C10H15F3N3O/c1-16(17)5-4-15-9-3-2-7(6-8(9)14)10(11,12)13/h6,15H,2-5,14H2,1H3/q-1. The van der Waals surface area contributed by atoms with Crippen molar-refractivity contribution in [1.82, 2.24) is 10.4 Å². The topological polar surface area (TPSA) is 64.3 Å². The van der Waals surface area contributed by atoms with E-state index >= 15 is 0 Å². The molecule has 0 heterocycles. The first-order chi connectivity index (χ1) is 7.80. The van der Waals surface area contributed by atoms with Crippen LogP contribution in [0.2, 0.25) is 0 Å². The lowest BCUT2D eigenvalue weighted by Gasteiger charge is -2.24. The summed E-state index contributed by atoms with van der Waals surface area (Å²) in [6.45, 7) is 0.623.